The van der Waals surface area contributed by atoms with Gasteiger partial charge in [-0.3, -0.25) is 4.98 Å². The molecule has 2 nitrogen and oxygen atoms in total. The molecule has 1 atom stereocenters. The lowest BCUT2D eigenvalue weighted by molar-refractivity contribution is 0.199. The van der Waals surface area contributed by atoms with Gasteiger partial charge in [-0.1, -0.05) is 53.5 Å². The number of rotatable bonds is 8. The summed E-state index contributed by atoms with van der Waals surface area (Å²) in [6, 6.07) is 6.94. The number of aromatic nitrogens is 1. The number of aliphatic hydroxyl groups excluding tert-OH is 1. The van der Waals surface area contributed by atoms with Crippen LogP contribution < -0.4 is 0 Å². The molecule has 27 heavy (non-hydrogen) atoms. The lowest BCUT2D eigenvalue weighted by atomic mass is 9.88. The summed E-state index contributed by atoms with van der Waals surface area (Å²) in [6.07, 6.45) is 3.81. The number of halogens is 1. The zero-order valence-electron chi connectivity index (χ0n) is 17.6. The van der Waals surface area contributed by atoms with Gasteiger partial charge < -0.3 is 5.11 Å². The van der Waals surface area contributed by atoms with E-state index < -0.39 is 6.10 Å². The van der Waals surface area contributed by atoms with Crippen molar-refractivity contribution in [1.29, 1.82) is 0 Å². The molecule has 0 spiro atoms. The summed E-state index contributed by atoms with van der Waals surface area (Å²) in [5.41, 5.74) is 5.99. The van der Waals surface area contributed by atoms with Crippen LogP contribution in [0.1, 0.15) is 101 Å². The smallest absolute Gasteiger partial charge is 0.123 e. The molecule has 0 aliphatic heterocycles. The summed E-state index contributed by atoms with van der Waals surface area (Å²) >= 11 is 0. The maximum absolute atomic E-state index is 13.8. The van der Waals surface area contributed by atoms with Crippen LogP contribution in [0.2, 0.25) is 0 Å². The molecule has 0 bridgehead atoms. The van der Waals surface area contributed by atoms with E-state index in [4.69, 9.17) is 4.98 Å². The molecule has 0 radical (unpaired) electrons. The number of benzene rings is 1. The highest BCUT2D eigenvalue weighted by atomic mass is 19.1. The summed E-state index contributed by atoms with van der Waals surface area (Å²) in [5, 5.41) is 10.2. The van der Waals surface area contributed by atoms with E-state index in [1.807, 2.05) is 0 Å². The van der Waals surface area contributed by atoms with Gasteiger partial charge in [0.15, 0.2) is 0 Å². The zero-order chi connectivity index (χ0) is 20.1. The van der Waals surface area contributed by atoms with Crippen molar-refractivity contribution in [3.63, 3.8) is 0 Å². The van der Waals surface area contributed by atoms with Crippen molar-refractivity contribution in [3.8, 4) is 11.1 Å². The van der Waals surface area contributed by atoms with Crippen LogP contribution in [0.15, 0.2) is 24.3 Å². The Bertz CT molecular complexity index is 765. The molecule has 0 saturated heterocycles. The van der Waals surface area contributed by atoms with Gasteiger partial charge in [0.1, 0.15) is 5.82 Å². The molecule has 1 aromatic heterocycles. The highest BCUT2D eigenvalue weighted by molar-refractivity contribution is 5.71. The van der Waals surface area contributed by atoms with Gasteiger partial charge in [0, 0.05) is 11.3 Å². The van der Waals surface area contributed by atoms with Crippen molar-refractivity contribution >= 4 is 0 Å². The first-order chi connectivity index (χ1) is 12.8. The Balaban J connectivity index is 2.69. The molecular formula is C24H34FNO. The maximum atomic E-state index is 13.8. The third-order valence-corrected chi connectivity index (χ3v) is 5.06. The number of hydrogen-bond donors (Lipinski definition) is 1. The molecule has 2 aromatic rings. The molecule has 1 aromatic carbocycles. The van der Waals surface area contributed by atoms with E-state index >= 15 is 0 Å². The van der Waals surface area contributed by atoms with Crippen molar-refractivity contribution in [3.05, 3.63) is 52.6 Å². The summed E-state index contributed by atoms with van der Waals surface area (Å²) in [7, 11) is 0. The second-order valence-corrected chi connectivity index (χ2v) is 8.14. The number of hydrogen-bond acceptors (Lipinski definition) is 2. The van der Waals surface area contributed by atoms with E-state index in [0.717, 1.165) is 29.7 Å². The minimum atomic E-state index is -0.732. The SMILES string of the molecule is CCCCCc1cc(-c2ccc(F)cc2C(C)O)c(C(C)C)nc1C(C)C. The predicted molar refractivity (Wildman–Crippen MR) is 112 cm³/mol. The second kappa shape index (κ2) is 9.45. The molecule has 148 valence electrons. The Morgan fingerprint density at radius 3 is 2.15 bits per heavy atom. The van der Waals surface area contributed by atoms with Crippen molar-refractivity contribution in [1.82, 2.24) is 4.98 Å². The van der Waals surface area contributed by atoms with E-state index in [9.17, 15) is 9.50 Å². The molecule has 3 heteroatoms. The summed E-state index contributed by atoms with van der Waals surface area (Å²) in [5.74, 6) is 0.280. The Kier molecular flexibility index (Phi) is 7.55. The number of aryl methyl sites for hydroxylation is 1. The van der Waals surface area contributed by atoms with Gasteiger partial charge in [0.2, 0.25) is 0 Å². The monoisotopic (exact) mass is 371 g/mol. The highest BCUT2D eigenvalue weighted by Crippen LogP contribution is 2.36. The fourth-order valence-corrected chi connectivity index (χ4v) is 3.63. The molecule has 0 amide bonds. The molecule has 0 aliphatic rings. The minimum Gasteiger partial charge on any atom is -0.389 e. The fourth-order valence-electron chi connectivity index (χ4n) is 3.63. The molecule has 1 N–H and O–H groups in total. The topological polar surface area (TPSA) is 33.1 Å². The van der Waals surface area contributed by atoms with Crippen LogP contribution in [-0.4, -0.2) is 10.1 Å². The zero-order valence-corrected chi connectivity index (χ0v) is 17.6. The van der Waals surface area contributed by atoms with Crippen LogP contribution in [0.4, 0.5) is 4.39 Å². The van der Waals surface area contributed by atoms with Gasteiger partial charge in [0.25, 0.3) is 0 Å². The fraction of sp³-hybridized carbons (Fsp3) is 0.542. The molecule has 0 aliphatic carbocycles. The van der Waals surface area contributed by atoms with Gasteiger partial charge in [0.05, 0.1) is 11.8 Å². The number of nitrogens with zero attached hydrogens (tertiary/aromatic N) is 1. The summed E-state index contributed by atoms with van der Waals surface area (Å²) in [4.78, 5) is 5.07. The average Bonchev–Trinajstić information content (AvgIpc) is 2.61. The Morgan fingerprint density at radius 1 is 0.926 bits per heavy atom. The standard InChI is InChI=1S/C24H34FNO/c1-7-8-9-10-18-13-22(24(16(4)5)26-23(18)15(2)3)20-12-11-19(25)14-21(20)17(6)27/h11-17,27H,7-10H2,1-6H3. The number of pyridine rings is 1. The first kappa shape index (κ1) is 21.6. The van der Waals surface area contributed by atoms with Crippen molar-refractivity contribution in [2.45, 2.75) is 85.2 Å². The molecule has 0 fully saturated rings. The van der Waals surface area contributed by atoms with Gasteiger partial charge in [-0.25, -0.2) is 4.39 Å². The van der Waals surface area contributed by atoms with Crippen LogP contribution in [-0.2, 0) is 6.42 Å². The van der Waals surface area contributed by atoms with E-state index in [1.165, 1.54) is 36.2 Å². The van der Waals surface area contributed by atoms with Crippen LogP contribution in [0.5, 0.6) is 0 Å². The number of aliphatic hydroxyl groups is 1. The Morgan fingerprint density at radius 2 is 1.59 bits per heavy atom. The first-order valence-electron chi connectivity index (χ1n) is 10.3. The van der Waals surface area contributed by atoms with E-state index in [0.29, 0.717) is 11.5 Å². The van der Waals surface area contributed by atoms with Crippen LogP contribution in [0, 0.1) is 5.82 Å². The normalized spacial score (nSPS) is 12.8. The quantitative estimate of drug-likeness (QED) is 0.511. The Hall–Kier alpha value is -1.74. The van der Waals surface area contributed by atoms with Gasteiger partial charge in [-0.2, -0.15) is 0 Å². The molecule has 2 rings (SSSR count). The molecule has 1 heterocycles. The third kappa shape index (κ3) is 5.16. The van der Waals surface area contributed by atoms with Crippen LogP contribution >= 0.6 is 0 Å². The van der Waals surface area contributed by atoms with Crippen molar-refractivity contribution in [2.24, 2.45) is 0 Å². The average molecular weight is 372 g/mol. The van der Waals surface area contributed by atoms with E-state index in [-0.39, 0.29) is 11.7 Å². The lowest BCUT2D eigenvalue weighted by Gasteiger charge is -2.22. The van der Waals surface area contributed by atoms with Gasteiger partial charge in [-0.05, 0) is 66.5 Å². The second-order valence-electron chi connectivity index (χ2n) is 8.14. The number of unbranched alkanes of at least 4 members (excludes halogenated alkanes) is 2. The molecule has 0 saturated carbocycles. The lowest BCUT2D eigenvalue weighted by Crippen LogP contribution is -2.08. The van der Waals surface area contributed by atoms with Crippen molar-refractivity contribution in [2.75, 3.05) is 0 Å². The molecule has 1 unspecified atom stereocenters. The summed E-state index contributed by atoms with van der Waals surface area (Å²) < 4.78 is 13.8. The molecular weight excluding hydrogens is 337 g/mol. The minimum absolute atomic E-state index is 0.245. The Labute approximate surface area is 163 Å². The summed E-state index contributed by atoms with van der Waals surface area (Å²) in [6.45, 7) is 12.5. The van der Waals surface area contributed by atoms with E-state index in [1.54, 1.807) is 13.0 Å². The van der Waals surface area contributed by atoms with Crippen LogP contribution in [0.25, 0.3) is 11.1 Å². The van der Waals surface area contributed by atoms with Crippen LogP contribution in [0.3, 0.4) is 0 Å². The predicted octanol–water partition coefficient (Wildman–Crippen LogP) is 6.92. The van der Waals surface area contributed by atoms with E-state index in [2.05, 4.69) is 40.7 Å². The maximum Gasteiger partial charge on any atom is 0.123 e. The third-order valence-electron chi connectivity index (χ3n) is 5.06. The van der Waals surface area contributed by atoms with Gasteiger partial charge in [-0.15, -0.1) is 0 Å². The van der Waals surface area contributed by atoms with Crippen molar-refractivity contribution < 1.29 is 9.50 Å². The largest absolute Gasteiger partial charge is 0.389 e. The highest BCUT2D eigenvalue weighted by Gasteiger charge is 2.20. The van der Waals surface area contributed by atoms with Gasteiger partial charge >= 0.3 is 0 Å². The first-order valence-corrected chi connectivity index (χ1v) is 10.3.